The van der Waals surface area contributed by atoms with Gasteiger partial charge in [-0.3, -0.25) is 0 Å². The Bertz CT molecular complexity index is 1430. The van der Waals surface area contributed by atoms with Crippen LogP contribution in [0.1, 0.15) is 0 Å². The highest BCUT2D eigenvalue weighted by Crippen LogP contribution is 2.33. The van der Waals surface area contributed by atoms with E-state index < -0.39 is 54.4 Å². The molecular formula is C19H19Cl2F3N4O4S2. The third-order valence-electron chi connectivity index (χ3n) is 4.89. The van der Waals surface area contributed by atoms with E-state index in [-0.39, 0.29) is 20.8 Å². The van der Waals surface area contributed by atoms with Gasteiger partial charge in [0.2, 0.25) is 20.0 Å². The van der Waals surface area contributed by atoms with Gasteiger partial charge in [-0.15, -0.1) is 0 Å². The van der Waals surface area contributed by atoms with Crippen molar-refractivity contribution in [1.29, 1.82) is 0 Å². The molecule has 3 rings (SSSR count). The molecule has 0 aliphatic rings. The number of sulfonamides is 2. The maximum absolute atomic E-state index is 13.9. The lowest BCUT2D eigenvalue weighted by atomic mass is 10.2. The van der Waals surface area contributed by atoms with Crippen LogP contribution in [0.4, 0.5) is 18.9 Å². The number of halogens is 5. The summed E-state index contributed by atoms with van der Waals surface area (Å²) < 4.78 is 96.4. The van der Waals surface area contributed by atoms with Gasteiger partial charge in [0.25, 0.3) is 0 Å². The molecule has 0 aliphatic heterocycles. The molecule has 15 heteroatoms. The van der Waals surface area contributed by atoms with Crippen LogP contribution in [0.15, 0.2) is 52.4 Å². The van der Waals surface area contributed by atoms with Crippen molar-refractivity contribution in [2.45, 2.75) is 28.6 Å². The number of hydrogen-bond donors (Lipinski definition) is 2. The highest BCUT2D eigenvalue weighted by Gasteiger charge is 2.43. The number of anilines is 1. The molecule has 186 valence electrons. The number of nitrogens with one attached hydrogen (secondary N) is 1. The Kier molecular flexibility index (Phi) is 7.19. The van der Waals surface area contributed by atoms with Gasteiger partial charge in [0, 0.05) is 42.8 Å². The largest absolute Gasteiger partial charge is 0.406 e. The summed E-state index contributed by atoms with van der Waals surface area (Å²) in [5.74, 6) is 0. The van der Waals surface area contributed by atoms with Crippen LogP contribution in [0.3, 0.4) is 0 Å². The van der Waals surface area contributed by atoms with Crippen LogP contribution in [0.2, 0.25) is 10.0 Å². The van der Waals surface area contributed by atoms with Crippen LogP contribution < -0.4 is 10.5 Å². The minimum atomic E-state index is -5.05. The second kappa shape index (κ2) is 9.21. The smallest absolute Gasteiger partial charge is 0.398 e. The van der Waals surface area contributed by atoms with Crippen molar-refractivity contribution < 1.29 is 30.0 Å². The fourth-order valence-electron chi connectivity index (χ4n) is 3.28. The Morgan fingerprint density at radius 3 is 2.29 bits per heavy atom. The third kappa shape index (κ3) is 5.14. The summed E-state index contributed by atoms with van der Waals surface area (Å²) in [4.78, 5) is -0.970. The molecular weight excluding hydrogens is 540 g/mol. The Hall–Kier alpha value is -2.03. The molecule has 0 bridgehead atoms. The van der Waals surface area contributed by atoms with E-state index in [4.69, 9.17) is 28.9 Å². The molecule has 0 saturated carbocycles. The molecule has 1 aromatic heterocycles. The molecule has 1 heterocycles. The maximum atomic E-state index is 13.9. The second-order valence-corrected chi connectivity index (χ2v) is 12.1. The van der Waals surface area contributed by atoms with Gasteiger partial charge >= 0.3 is 6.18 Å². The van der Waals surface area contributed by atoms with Gasteiger partial charge in [-0.25, -0.2) is 21.1 Å². The lowest BCUT2D eigenvalue weighted by Gasteiger charge is -2.23. The minimum Gasteiger partial charge on any atom is -0.398 e. The molecule has 3 N–H and O–H groups in total. The van der Waals surface area contributed by atoms with E-state index >= 15 is 0 Å². The number of nitrogens with two attached hydrogens (primary N) is 1. The van der Waals surface area contributed by atoms with Gasteiger partial charge in [-0.2, -0.15) is 17.9 Å². The van der Waals surface area contributed by atoms with Gasteiger partial charge in [0.1, 0.15) is 15.8 Å². The monoisotopic (exact) mass is 558 g/mol. The molecule has 0 radical (unpaired) electrons. The summed E-state index contributed by atoms with van der Waals surface area (Å²) in [5.41, 5.74) is 5.39. The molecule has 1 atom stereocenters. The Labute approximate surface area is 204 Å². The second-order valence-electron chi connectivity index (χ2n) is 7.47. The van der Waals surface area contributed by atoms with E-state index in [1.165, 1.54) is 38.4 Å². The van der Waals surface area contributed by atoms with E-state index in [1.807, 2.05) is 0 Å². The average molecular weight is 559 g/mol. The number of hydrogen-bond acceptors (Lipinski definition) is 5. The third-order valence-corrected chi connectivity index (χ3v) is 8.95. The molecule has 0 saturated heterocycles. The number of nitrogen functional groups attached to an aromatic ring is 1. The molecule has 0 aliphatic carbocycles. The van der Waals surface area contributed by atoms with Crippen LogP contribution >= 0.6 is 23.2 Å². The van der Waals surface area contributed by atoms with E-state index in [1.54, 1.807) is 4.72 Å². The Morgan fingerprint density at radius 1 is 1.12 bits per heavy atom. The normalized spacial score (nSPS) is 14.1. The van der Waals surface area contributed by atoms with E-state index in [2.05, 4.69) is 0 Å². The summed E-state index contributed by atoms with van der Waals surface area (Å²) in [7, 11) is -6.28. The zero-order valence-electron chi connectivity index (χ0n) is 17.6. The molecule has 1 unspecified atom stereocenters. The zero-order valence-corrected chi connectivity index (χ0v) is 20.8. The Balaban J connectivity index is 2.09. The fraction of sp³-hybridized carbons (Fsp3) is 0.263. The molecule has 34 heavy (non-hydrogen) atoms. The van der Waals surface area contributed by atoms with Crippen molar-refractivity contribution >= 4 is 59.8 Å². The van der Waals surface area contributed by atoms with Gasteiger partial charge in [0.15, 0.2) is 0 Å². The molecule has 2 aromatic carbocycles. The van der Waals surface area contributed by atoms with Crippen molar-refractivity contribution in [2.24, 2.45) is 0 Å². The van der Waals surface area contributed by atoms with Crippen LogP contribution in [0, 0.1) is 0 Å². The van der Waals surface area contributed by atoms with Crippen molar-refractivity contribution in [1.82, 2.24) is 13.6 Å². The number of para-hydroxylation sites is 1. The maximum Gasteiger partial charge on any atom is 0.406 e. The minimum absolute atomic E-state index is 0.00210. The molecule has 8 nitrogen and oxygen atoms in total. The number of aromatic nitrogens is 1. The van der Waals surface area contributed by atoms with Crippen molar-refractivity contribution in [3.05, 3.63) is 52.6 Å². The Morgan fingerprint density at radius 2 is 1.74 bits per heavy atom. The molecule has 0 fully saturated rings. The number of alkyl halides is 3. The standard InChI is InChI=1S/C19H19Cl2F3N4O4S2/c1-27(2)34(31,32)16-9-28(15-6-4-3-5-12(15)16)10-17(19(22,23)24)26-33(29,30)18-13(21)7-11(20)8-14(18)25/h3-9,17,26H,10,25H2,1-2H3. The van der Waals surface area contributed by atoms with Crippen LogP contribution in [-0.2, 0) is 26.6 Å². The lowest BCUT2D eigenvalue weighted by molar-refractivity contribution is -0.154. The number of nitrogens with zero attached hydrogens (tertiary/aromatic N) is 2. The van der Waals surface area contributed by atoms with E-state index in [9.17, 15) is 30.0 Å². The predicted molar refractivity (Wildman–Crippen MR) is 124 cm³/mol. The average Bonchev–Trinajstić information content (AvgIpc) is 3.05. The zero-order chi connectivity index (χ0) is 25.6. The van der Waals surface area contributed by atoms with Crippen LogP contribution in [0.5, 0.6) is 0 Å². The van der Waals surface area contributed by atoms with Gasteiger partial charge < -0.3 is 10.3 Å². The summed E-state index contributed by atoms with van der Waals surface area (Å²) in [6.45, 7) is -0.961. The summed E-state index contributed by atoms with van der Waals surface area (Å²) in [6, 6.07) is 5.37. The fourth-order valence-corrected chi connectivity index (χ4v) is 6.58. The van der Waals surface area contributed by atoms with Crippen LogP contribution in [-0.4, -0.2) is 52.0 Å². The van der Waals surface area contributed by atoms with Gasteiger partial charge in [-0.05, 0) is 18.2 Å². The first-order valence-corrected chi connectivity index (χ1v) is 13.1. The first-order valence-electron chi connectivity index (χ1n) is 9.39. The predicted octanol–water partition coefficient (Wildman–Crippen LogP) is 3.69. The highest BCUT2D eigenvalue weighted by atomic mass is 35.5. The topological polar surface area (TPSA) is 114 Å². The quantitative estimate of drug-likeness (QED) is 0.429. The summed E-state index contributed by atoms with van der Waals surface area (Å²) in [6.07, 6.45) is -4.01. The molecule has 0 spiro atoms. The van der Waals surface area contributed by atoms with Gasteiger partial charge in [-0.1, -0.05) is 41.4 Å². The van der Waals surface area contributed by atoms with Crippen molar-refractivity contribution in [3.8, 4) is 0 Å². The molecule has 0 amide bonds. The van der Waals surface area contributed by atoms with Crippen molar-refractivity contribution in [2.75, 3.05) is 19.8 Å². The van der Waals surface area contributed by atoms with E-state index in [0.29, 0.717) is 0 Å². The number of benzene rings is 2. The van der Waals surface area contributed by atoms with Crippen LogP contribution in [0.25, 0.3) is 10.9 Å². The van der Waals surface area contributed by atoms with Crippen molar-refractivity contribution in [3.63, 3.8) is 0 Å². The highest BCUT2D eigenvalue weighted by molar-refractivity contribution is 7.90. The number of rotatable bonds is 7. The van der Waals surface area contributed by atoms with E-state index in [0.717, 1.165) is 27.2 Å². The van der Waals surface area contributed by atoms with Gasteiger partial charge in [0.05, 0.1) is 10.7 Å². The lowest BCUT2D eigenvalue weighted by Crippen LogP contribution is -2.48. The first kappa shape index (κ1) is 26.6. The molecule has 3 aromatic rings. The SMILES string of the molecule is CN(C)S(=O)(=O)c1cn(CC(NS(=O)(=O)c2c(N)cc(Cl)cc2Cl)C(F)(F)F)c2ccccc12. The summed E-state index contributed by atoms with van der Waals surface area (Å²) in [5, 5.41) is -0.267. The first-order chi connectivity index (χ1) is 15.6. The number of fused-ring (bicyclic) bond motifs is 1. The summed E-state index contributed by atoms with van der Waals surface area (Å²) >= 11 is 11.7.